The Morgan fingerprint density at radius 1 is 1.50 bits per heavy atom. The highest BCUT2D eigenvalue weighted by atomic mass is 16.2. The molecule has 1 amide bonds. The van der Waals surface area contributed by atoms with Gasteiger partial charge in [-0.1, -0.05) is 6.92 Å². The quantitative estimate of drug-likeness (QED) is 0.673. The molecule has 1 aliphatic heterocycles. The van der Waals surface area contributed by atoms with E-state index in [-0.39, 0.29) is 5.91 Å². The van der Waals surface area contributed by atoms with E-state index < -0.39 is 0 Å². The highest BCUT2D eigenvalue weighted by Gasteiger charge is 2.22. The second kappa shape index (κ2) is 6.86. The van der Waals surface area contributed by atoms with Gasteiger partial charge >= 0.3 is 0 Å². The minimum atomic E-state index is 0.200. The van der Waals surface area contributed by atoms with Crippen LogP contribution in [0.5, 0.6) is 0 Å². The minimum absolute atomic E-state index is 0.200. The topological polar surface area (TPSA) is 35.6 Å². The van der Waals surface area contributed by atoms with Crippen molar-refractivity contribution in [2.75, 3.05) is 40.3 Å². The van der Waals surface area contributed by atoms with Crippen molar-refractivity contribution in [2.24, 2.45) is 0 Å². The van der Waals surface area contributed by atoms with Crippen LogP contribution >= 0.6 is 0 Å². The second-order valence-electron chi connectivity index (χ2n) is 4.67. The fraction of sp³-hybridized carbons (Fsp3) is 0.917. The summed E-state index contributed by atoms with van der Waals surface area (Å²) in [5.74, 6) is 0.200. The summed E-state index contributed by atoms with van der Waals surface area (Å²) in [7, 11) is 3.61. The summed E-state index contributed by atoms with van der Waals surface area (Å²) in [6, 6.07) is 0.680. The first-order valence-electron chi connectivity index (χ1n) is 6.30. The van der Waals surface area contributed by atoms with Crippen molar-refractivity contribution in [1.29, 1.82) is 0 Å². The number of amides is 1. The van der Waals surface area contributed by atoms with Crippen LogP contribution in [0.25, 0.3) is 0 Å². The number of hydrogen-bond acceptors (Lipinski definition) is 3. The molecule has 1 heterocycles. The fourth-order valence-corrected chi connectivity index (χ4v) is 2.23. The first-order valence-corrected chi connectivity index (χ1v) is 6.30. The molecule has 0 radical (unpaired) electrons. The van der Waals surface area contributed by atoms with Crippen LogP contribution in [0.2, 0.25) is 0 Å². The molecule has 0 aromatic rings. The van der Waals surface area contributed by atoms with Crippen molar-refractivity contribution in [3.63, 3.8) is 0 Å². The summed E-state index contributed by atoms with van der Waals surface area (Å²) >= 11 is 0. The normalized spacial score (nSPS) is 21.3. The molecule has 1 saturated heterocycles. The molecule has 94 valence electrons. The van der Waals surface area contributed by atoms with E-state index in [1.54, 1.807) is 19.0 Å². The highest BCUT2D eigenvalue weighted by molar-refractivity contribution is 5.75. The monoisotopic (exact) mass is 227 g/mol. The van der Waals surface area contributed by atoms with E-state index >= 15 is 0 Å². The molecular formula is C12H25N3O. The smallest absolute Gasteiger partial charge is 0.223 e. The fourth-order valence-electron chi connectivity index (χ4n) is 2.23. The third-order valence-electron chi connectivity index (χ3n) is 3.30. The van der Waals surface area contributed by atoms with Crippen LogP contribution in [0.1, 0.15) is 26.2 Å². The van der Waals surface area contributed by atoms with Crippen LogP contribution in [-0.2, 0) is 4.79 Å². The molecule has 16 heavy (non-hydrogen) atoms. The third kappa shape index (κ3) is 4.10. The number of rotatable bonds is 6. The minimum Gasteiger partial charge on any atom is -0.349 e. The second-order valence-corrected chi connectivity index (χ2v) is 4.67. The number of likely N-dealkylation sites (N-methyl/N-ethyl adjacent to an activating group) is 1. The van der Waals surface area contributed by atoms with Gasteiger partial charge in [0.15, 0.2) is 0 Å². The number of nitrogens with one attached hydrogen (secondary N) is 1. The molecule has 4 nitrogen and oxygen atoms in total. The standard InChI is InChI=1S/C12H25N3O/c1-4-15-9-5-6-11(15)10-13-8-7-12(16)14(2)3/h11,13H,4-10H2,1-3H3. The Morgan fingerprint density at radius 2 is 2.25 bits per heavy atom. The van der Waals surface area contributed by atoms with Gasteiger partial charge < -0.3 is 10.2 Å². The summed E-state index contributed by atoms with van der Waals surface area (Å²) in [5.41, 5.74) is 0. The predicted octanol–water partition coefficient (Wildman–Crippen LogP) is 0.539. The van der Waals surface area contributed by atoms with Crippen LogP contribution in [0.15, 0.2) is 0 Å². The van der Waals surface area contributed by atoms with Crippen molar-refractivity contribution in [3.8, 4) is 0 Å². The van der Waals surface area contributed by atoms with Crippen molar-refractivity contribution in [3.05, 3.63) is 0 Å². The van der Waals surface area contributed by atoms with E-state index in [1.165, 1.54) is 19.4 Å². The van der Waals surface area contributed by atoms with E-state index in [0.29, 0.717) is 12.5 Å². The number of carbonyl (C=O) groups is 1. The molecule has 0 bridgehead atoms. The third-order valence-corrected chi connectivity index (χ3v) is 3.30. The molecule has 0 saturated carbocycles. The molecular weight excluding hydrogens is 202 g/mol. The average Bonchev–Trinajstić information content (AvgIpc) is 2.71. The van der Waals surface area contributed by atoms with Crippen LogP contribution in [0.4, 0.5) is 0 Å². The van der Waals surface area contributed by atoms with Crippen molar-refractivity contribution in [2.45, 2.75) is 32.2 Å². The Bertz CT molecular complexity index is 218. The maximum absolute atomic E-state index is 11.3. The summed E-state index contributed by atoms with van der Waals surface area (Å²) in [4.78, 5) is 15.5. The lowest BCUT2D eigenvalue weighted by atomic mass is 10.2. The Labute approximate surface area is 99.0 Å². The van der Waals surface area contributed by atoms with Gasteiger partial charge in [0.25, 0.3) is 0 Å². The van der Waals surface area contributed by atoms with E-state index in [2.05, 4.69) is 17.1 Å². The Kier molecular flexibility index (Phi) is 5.77. The zero-order valence-corrected chi connectivity index (χ0v) is 10.8. The summed E-state index contributed by atoms with van der Waals surface area (Å²) < 4.78 is 0. The van der Waals surface area contributed by atoms with Crippen LogP contribution in [-0.4, -0.2) is 62.0 Å². The van der Waals surface area contributed by atoms with Crippen LogP contribution in [0, 0.1) is 0 Å². The van der Waals surface area contributed by atoms with Crippen molar-refractivity contribution in [1.82, 2.24) is 15.1 Å². The van der Waals surface area contributed by atoms with Gasteiger partial charge in [-0.15, -0.1) is 0 Å². The number of nitrogens with zero attached hydrogens (tertiary/aromatic N) is 2. The lowest BCUT2D eigenvalue weighted by molar-refractivity contribution is -0.128. The molecule has 1 rings (SSSR count). The summed E-state index contributed by atoms with van der Waals surface area (Å²) in [6.07, 6.45) is 3.21. The van der Waals surface area contributed by atoms with Crippen LogP contribution in [0.3, 0.4) is 0 Å². The largest absolute Gasteiger partial charge is 0.349 e. The molecule has 1 unspecified atom stereocenters. The SMILES string of the molecule is CCN1CCCC1CNCCC(=O)N(C)C. The lowest BCUT2D eigenvalue weighted by Crippen LogP contribution is -2.38. The maximum Gasteiger partial charge on any atom is 0.223 e. The first kappa shape index (κ1) is 13.5. The van der Waals surface area contributed by atoms with Gasteiger partial charge in [-0.3, -0.25) is 9.69 Å². The molecule has 0 spiro atoms. The van der Waals surface area contributed by atoms with Gasteiger partial charge in [-0.2, -0.15) is 0 Å². The molecule has 0 aromatic carbocycles. The van der Waals surface area contributed by atoms with Gasteiger partial charge in [-0.25, -0.2) is 0 Å². The van der Waals surface area contributed by atoms with Crippen molar-refractivity contribution >= 4 is 5.91 Å². The van der Waals surface area contributed by atoms with Gasteiger partial charge in [0.1, 0.15) is 0 Å². The summed E-state index contributed by atoms with van der Waals surface area (Å²) in [6.45, 7) is 6.41. The Hall–Kier alpha value is -0.610. The van der Waals surface area contributed by atoms with E-state index in [0.717, 1.165) is 19.6 Å². The van der Waals surface area contributed by atoms with Gasteiger partial charge in [0, 0.05) is 39.6 Å². The van der Waals surface area contributed by atoms with Gasteiger partial charge in [-0.05, 0) is 25.9 Å². The molecule has 1 atom stereocenters. The number of hydrogen-bond donors (Lipinski definition) is 1. The van der Waals surface area contributed by atoms with Crippen LogP contribution < -0.4 is 5.32 Å². The van der Waals surface area contributed by atoms with Gasteiger partial charge in [0.2, 0.25) is 5.91 Å². The lowest BCUT2D eigenvalue weighted by Gasteiger charge is -2.23. The Balaban J connectivity index is 2.09. The number of carbonyl (C=O) groups excluding carboxylic acids is 1. The molecule has 1 N–H and O–H groups in total. The van der Waals surface area contributed by atoms with E-state index in [9.17, 15) is 4.79 Å². The summed E-state index contributed by atoms with van der Waals surface area (Å²) in [5, 5.41) is 3.39. The van der Waals surface area contributed by atoms with E-state index in [1.807, 2.05) is 0 Å². The molecule has 1 fully saturated rings. The Morgan fingerprint density at radius 3 is 2.88 bits per heavy atom. The maximum atomic E-state index is 11.3. The highest BCUT2D eigenvalue weighted by Crippen LogP contribution is 2.15. The molecule has 4 heteroatoms. The first-order chi connectivity index (χ1) is 7.65. The van der Waals surface area contributed by atoms with Crippen molar-refractivity contribution < 1.29 is 4.79 Å². The average molecular weight is 227 g/mol. The van der Waals surface area contributed by atoms with E-state index in [4.69, 9.17) is 0 Å². The molecule has 0 aromatic heterocycles. The number of likely N-dealkylation sites (tertiary alicyclic amines) is 1. The zero-order chi connectivity index (χ0) is 12.0. The van der Waals surface area contributed by atoms with Gasteiger partial charge in [0.05, 0.1) is 0 Å². The molecule has 1 aliphatic rings. The molecule has 0 aliphatic carbocycles. The predicted molar refractivity (Wildman–Crippen MR) is 66.4 cm³/mol. The zero-order valence-electron chi connectivity index (χ0n) is 10.8.